The zero-order valence-corrected chi connectivity index (χ0v) is 84.1. The molecule has 1 aliphatic carbocycles. The van der Waals surface area contributed by atoms with Gasteiger partial charge in [0.1, 0.15) is 73.3 Å². The molecule has 0 aromatic heterocycles. The second-order valence-electron chi connectivity index (χ2n) is 37.6. The van der Waals surface area contributed by atoms with Gasteiger partial charge in [0.05, 0.1) is 32.8 Å². The molecular formula is C103H159N19O22. The van der Waals surface area contributed by atoms with Gasteiger partial charge in [-0.3, -0.25) is 73.1 Å². The average molecular weight is 2020 g/mol. The number of primary amides is 1. The number of likely N-dealkylation sites (tertiary alicyclic amines) is 1. The fraction of sp³-hybridized carbons (Fsp3) is 0.621. The maximum Gasteiger partial charge on any atom is 0.326 e. The Morgan fingerprint density at radius 2 is 0.854 bits per heavy atom. The molecule has 9 atom stereocenters. The van der Waals surface area contributed by atoms with Gasteiger partial charge in [-0.15, -0.1) is 0 Å². The van der Waals surface area contributed by atoms with E-state index in [-0.39, 0.29) is 189 Å². The molecule has 1 saturated heterocycles. The average Bonchev–Trinajstić information content (AvgIpc) is 1.66. The molecule has 4 aromatic carbocycles. The van der Waals surface area contributed by atoms with Crippen molar-refractivity contribution in [1.82, 2.24) is 74.0 Å². The summed E-state index contributed by atoms with van der Waals surface area (Å²) in [5.74, 6) is -13.0. The molecule has 798 valence electrons. The predicted octanol–water partition coefficient (Wildman–Crippen LogP) is 5.10. The first kappa shape index (κ1) is 120. The van der Waals surface area contributed by atoms with Crippen molar-refractivity contribution in [3.63, 3.8) is 0 Å². The van der Waals surface area contributed by atoms with Crippen molar-refractivity contribution in [2.24, 2.45) is 35.0 Å². The monoisotopic (exact) mass is 2010 g/mol. The van der Waals surface area contributed by atoms with Crippen molar-refractivity contribution < 1.29 is 106 Å². The highest BCUT2D eigenvalue weighted by atomic mass is 16.5. The van der Waals surface area contributed by atoms with Crippen molar-refractivity contribution >= 4 is 111 Å². The van der Waals surface area contributed by atoms with Crippen molar-refractivity contribution in [2.75, 3.05) is 92.1 Å². The van der Waals surface area contributed by atoms with Gasteiger partial charge in [0.2, 0.25) is 76.8 Å². The minimum atomic E-state index is -1.76. The Balaban J connectivity index is 0.942. The quantitative estimate of drug-likeness (QED) is 0.0155. The molecule has 0 bridgehead atoms. The molecule has 6 rings (SSSR count). The molecule has 1 aliphatic heterocycles. The van der Waals surface area contributed by atoms with Gasteiger partial charge in [0.15, 0.2) is 11.9 Å². The number of phenolic OH excluding ortho intramolecular Hbond substituents is 1. The molecule has 41 nitrogen and oxygen atoms in total. The van der Waals surface area contributed by atoms with E-state index in [1.807, 2.05) is 36.4 Å². The second-order valence-corrected chi connectivity index (χ2v) is 37.6. The van der Waals surface area contributed by atoms with Crippen LogP contribution in [0.25, 0.3) is 10.8 Å². The van der Waals surface area contributed by atoms with Crippen LogP contribution in [-0.4, -0.2) is 267 Å². The number of hydrogen-bond acceptors (Lipinski definition) is 22. The topological polar surface area (TPSA) is 639 Å². The first-order valence-corrected chi connectivity index (χ1v) is 51.3. The van der Waals surface area contributed by atoms with E-state index < -0.39 is 145 Å². The van der Waals surface area contributed by atoms with Gasteiger partial charge in [0.25, 0.3) is 0 Å². The maximum absolute atomic E-state index is 15.2. The summed E-state index contributed by atoms with van der Waals surface area (Å²) in [5.41, 5.74) is 17.9. The summed E-state index contributed by atoms with van der Waals surface area (Å²) in [6, 6.07) is 14.4. The van der Waals surface area contributed by atoms with Crippen molar-refractivity contribution in [1.29, 1.82) is 10.8 Å². The number of benzene rings is 4. The lowest BCUT2D eigenvalue weighted by Crippen LogP contribution is -2.61. The third-order valence-corrected chi connectivity index (χ3v) is 25.1. The number of ether oxygens (including phenoxy) is 4. The highest BCUT2D eigenvalue weighted by Gasteiger charge is 2.42. The van der Waals surface area contributed by atoms with Gasteiger partial charge in [-0.05, 0) is 148 Å². The number of unbranched alkanes of at least 4 members (excludes halogenated alkanes) is 14. The van der Waals surface area contributed by atoms with Gasteiger partial charge in [0, 0.05) is 90.5 Å². The number of guanidine groups is 2. The molecule has 0 unspecified atom stereocenters. The fourth-order valence-electron chi connectivity index (χ4n) is 17.2. The lowest BCUT2D eigenvalue weighted by Gasteiger charge is -2.31. The maximum atomic E-state index is 15.2. The molecule has 0 spiro atoms. The number of nitrogens with zero attached hydrogens (tertiary/aromatic N) is 1. The number of hydrogen-bond donors (Lipinski definition) is 21. The first-order chi connectivity index (χ1) is 69.2. The van der Waals surface area contributed by atoms with Crippen LogP contribution < -0.4 is 86.3 Å². The third kappa shape index (κ3) is 50.1. The molecule has 2 fully saturated rings. The Morgan fingerprint density at radius 1 is 0.403 bits per heavy atom. The molecule has 13 amide bonds. The van der Waals surface area contributed by atoms with E-state index >= 15 is 19.2 Å². The molecule has 41 heteroatoms. The van der Waals surface area contributed by atoms with E-state index in [9.17, 15) is 68.1 Å². The molecule has 24 N–H and O–H groups in total. The summed E-state index contributed by atoms with van der Waals surface area (Å²) in [5, 5.41) is 82.1. The van der Waals surface area contributed by atoms with E-state index in [0.29, 0.717) is 68.5 Å². The van der Waals surface area contributed by atoms with Gasteiger partial charge >= 0.3 is 11.9 Å². The Kier molecular flexibility index (Phi) is 57.8. The van der Waals surface area contributed by atoms with E-state index in [1.165, 1.54) is 106 Å². The van der Waals surface area contributed by atoms with Gasteiger partial charge in [-0.1, -0.05) is 196 Å². The van der Waals surface area contributed by atoms with Crippen LogP contribution in [0.5, 0.6) is 5.75 Å². The van der Waals surface area contributed by atoms with E-state index in [2.05, 4.69) is 76.0 Å². The summed E-state index contributed by atoms with van der Waals surface area (Å²) < 4.78 is 22.4. The second kappa shape index (κ2) is 69.4. The number of phenols is 1. The number of carbonyl (C=O) groups excluding carboxylic acids is 13. The number of aromatic hydroxyl groups is 1. The number of fused-ring (bicyclic) bond motifs is 1. The summed E-state index contributed by atoms with van der Waals surface area (Å²) in [6.07, 6.45) is 22.0. The largest absolute Gasteiger partial charge is 0.508 e. The van der Waals surface area contributed by atoms with Crippen LogP contribution in [0.4, 0.5) is 0 Å². The lowest BCUT2D eigenvalue weighted by molar-refractivity contribution is -0.144. The zero-order valence-electron chi connectivity index (χ0n) is 84.1. The van der Waals surface area contributed by atoms with Gasteiger partial charge in [-0.25, -0.2) is 9.59 Å². The van der Waals surface area contributed by atoms with Crippen LogP contribution in [0.1, 0.15) is 243 Å². The smallest absolute Gasteiger partial charge is 0.326 e. The molecule has 2 aliphatic rings. The number of nitrogens with one attached hydrogen (secondary N) is 15. The highest BCUT2D eigenvalue weighted by Crippen LogP contribution is 2.30. The van der Waals surface area contributed by atoms with Crippen LogP contribution in [-0.2, 0) is 110 Å². The standard InChI is InChI=1S/C103H159N19O22/c1-4-5-6-7-8-9-10-11-12-13-14-15-16-17-21-36-88(125)113-66-72-37-43-75(44-38-72)92(129)117-80(100(137)138)47-48-89(126)109-51-27-54-141-56-58-143-59-57-142-55-28-52-110-90(127)67-144-68-91(128)114-82(63-71-40-45-77(123)46-41-71)95(132)120-84(64-73-39-42-74-31-22-23-32-76(74)61-73)97(134)118-81(60-69(2)3)94(131)119-83(62-70-29-19-18-20-30-70)96(133)116-79(34-25-50-112-103(107)108)99(136)122-53-26-35-86(122)98(135)115-78(33-24-49-111-102(105)106)93(130)121-85(101(139)140)65-87(104)124/h18-20,22-23,29-32,39-42,45-46,61,69,72,75,78-86,123H,4-17,21,24-28,33-38,43-44,47-60,62-68H2,1-3H3,(H2,104,124)(H,109,126)(H,110,127)(H,113,125)(H,114,128)(H,115,135)(H,116,133)(H,117,129)(H,118,134)(H,119,131)(H,120,132)(H,121,130)(H,137,138)(H,139,140)(H4,105,106,111)(H4,107,108,112)/t72?,75?,78-,79-,80-,81-,82-,83-,84-,85-,86-/m0/s1. The van der Waals surface area contributed by atoms with Crippen LogP contribution in [0.2, 0.25) is 0 Å². The summed E-state index contributed by atoms with van der Waals surface area (Å²) in [7, 11) is 0. The Bertz CT molecular complexity index is 4660. The van der Waals surface area contributed by atoms with E-state index in [0.717, 1.165) is 42.9 Å². The SMILES string of the molecule is CCCCCCCCCCCCCCCCCC(=O)NCC1CCC(C(=O)N[C@@H](CCC(=O)NCCCOCCOCCOCCCNC(=O)COCC(=O)N[C@@H](Cc2ccc(O)cc2)C(=O)N[C@@H](Cc2ccc3ccccc3c2)C(=O)N[C@@H](CC(C)C)C(=O)N[C@@H](Cc2ccccc2)C(=O)N[C@@H](CCCNC(=N)N)C(=O)N2CCC[C@H]2C(=O)N[C@@H](CCCNC(=N)N)C(=O)N[C@@H](CC(N)=O)C(=O)O)C(=O)O)CC1. The van der Waals surface area contributed by atoms with Crippen LogP contribution >= 0.6 is 0 Å². The molecule has 144 heavy (non-hydrogen) atoms. The number of nitrogens with two attached hydrogens (primary N) is 3. The normalized spacial score (nSPS) is 15.6. The number of carbonyl (C=O) groups is 15. The predicted molar refractivity (Wildman–Crippen MR) is 542 cm³/mol. The Morgan fingerprint density at radius 3 is 1.41 bits per heavy atom. The first-order valence-electron chi connectivity index (χ1n) is 51.3. The number of amides is 13. The Hall–Kier alpha value is -12.6. The van der Waals surface area contributed by atoms with E-state index in [4.69, 9.17) is 47.0 Å². The van der Waals surface area contributed by atoms with Crippen molar-refractivity contribution in [2.45, 2.75) is 300 Å². The fourth-order valence-corrected chi connectivity index (χ4v) is 17.2. The molecule has 1 saturated carbocycles. The highest BCUT2D eigenvalue weighted by molar-refractivity contribution is 5.99. The molecule has 1 heterocycles. The molecule has 0 radical (unpaired) electrons. The number of rotatable bonds is 75. The Labute approximate surface area is 844 Å². The van der Waals surface area contributed by atoms with Crippen LogP contribution in [0.15, 0.2) is 97.1 Å². The number of carboxylic acid groups (broad SMARTS) is 2. The summed E-state index contributed by atoms with van der Waals surface area (Å²) in [6.45, 7) is 7.44. The number of carboxylic acids is 2. The summed E-state index contributed by atoms with van der Waals surface area (Å²) in [4.78, 5) is 206. The van der Waals surface area contributed by atoms with Crippen molar-refractivity contribution in [3.05, 3.63) is 114 Å². The van der Waals surface area contributed by atoms with Gasteiger partial charge in [-0.2, -0.15) is 0 Å². The van der Waals surface area contributed by atoms with Crippen LogP contribution in [0.3, 0.4) is 0 Å². The minimum absolute atomic E-state index is 0.00774. The van der Waals surface area contributed by atoms with Crippen molar-refractivity contribution in [3.8, 4) is 5.75 Å². The minimum Gasteiger partial charge on any atom is -0.508 e. The van der Waals surface area contributed by atoms with E-state index in [1.54, 1.807) is 50.2 Å². The third-order valence-electron chi connectivity index (χ3n) is 25.1. The lowest BCUT2D eigenvalue weighted by atomic mass is 9.81. The molecular weight excluding hydrogens is 1860 g/mol. The number of aliphatic carboxylic acids is 2. The van der Waals surface area contributed by atoms with Gasteiger partial charge < -0.3 is 125 Å². The molecule has 4 aromatic rings. The van der Waals surface area contributed by atoms with Crippen LogP contribution in [0, 0.1) is 28.6 Å². The summed E-state index contributed by atoms with van der Waals surface area (Å²) >= 11 is 0. The zero-order chi connectivity index (χ0) is 105.